The lowest BCUT2D eigenvalue weighted by atomic mass is 9.49. The molecule has 0 bridgehead atoms. The molecular weight excluding hydrogens is 504 g/mol. The summed E-state index contributed by atoms with van der Waals surface area (Å²) < 4.78 is 5.75. The van der Waals surface area contributed by atoms with Gasteiger partial charge in [0.2, 0.25) is 0 Å². The second-order valence-corrected chi connectivity index (χ2v) is 12.6. The number of hydrogen-bond acceptors (Lipinski definition) is 6. The summed E-state index contributed by atoms with van der Waals surface area (Å²) in [5.74, 6) is -0.266. The lowest BCUT2D eigenvalue weighted by molar-refractivity contribution is -0.178. The monoisotopic (exact) mass is 556 g/mol. The molecular formula is C34H52O6. The van der Waals surface area contributed by atoms with Crippen molar-refractivity contribution in [2.75, 3.05) is 26.4 Å². The average Bonchev–Trinajstić information content (AvgIpc) is 3.25. The number of aliphatic hydroxyl groups excluding tert-OH is 3. The second-order valence-electron chi connectivity index (χ2n) is 12.6. The van der Waals surface area contributed by atoms with Gasteiger partial charge in [-0.15, -0.1) is 0 Å². The van der Waals surface area contributed by atoms with E-state index in [1.54, 1.807) is 0 Å². The van der Waals surface area contributed by atoms with Crippen LogP contribution < -0.4 is 0 Å². The van der Waals surface area contributed by atoms with Gasteiger partial charge in [-0.25, -0.2) is 0 Å². The quantitative estimate of drug-likeness (QED) is 0.0991. The maximum atomic E-state index is 12.2. The lowest BCUT2D eigenvalue weighted by Gasteiger charge is -2.58. The van der Waals surface area contributed by atoms with E-state index in [4.69, 9.17) is 4.74 Å². The number of carbonyl (C=O) groups excluding carboxylic acids is 1. The van der Waals surface area contributed by atoms with Crippen LogP contribution in [0.3, 0.4) is 0 Å². The van der Waals surface area contributed by atoms with Crippen LogP contribution in [-0.2, 0) is 9.53 Å². The minimum atomic E-state index is -1.12. The number of rotatable bonds is 14. The molecule has 0 radical (unpaired) electrons. The molecule has 6 heteroatoms. The van der Waals surface area contributed by atoms with Crippen molar-refractivity contribution in [1.82, 2.24) is 0 Å². The third-order valence-corrected chi connectivity index (χ3v) is 9.67. The molecule has 4 N–H and O–H groups in total. The van der Waals surface area contributed by atoms with Crippen LogP contribution in [-0.4, -0.2) is 64.8 Å². The first-order chi connectivity index (χ1) is 19.1. The standard InChI is InChI=1S/C34H52O6/c1-24(2)9-5-10-25(3)11-6-14-28(23-40-20-19-36)29-16-17-34(32(29)38)30(15-8-18-35)31-26(21-33(34,4)39)12-7-13-27(31)22-37/h6,9,11,14,22,26,29-30,32,35-36,38-39H,3,5,7-8,10,12-13,15-21,23H2,1-2,4H3/b11-6+,28-14-/t26-,29-,30-,32+,33+,34+/m0/s1. The summed E-state index contributed by atoms with van der Waals surface area (Å²) in [5.41, 5.74) is 3.25. The van der Waals surface area contributed by atoms with Gasteiger partial charge < -0.3 is 25.2 Å². The fourth-order valence-corrected chi connectivity index (χ4v) is 7.87. The minimum absolute atomic E-state index is 0.0328. The predicted octanol–water partition coefficient (Wildman–Crippen LogP) is 5.38. The Kier molecular flexibility index (Phi) is 12.2. The zero-order valence-electron chi connectivity index (χ0n) is 24.9. The molecule has 2 saturated carbocycles. The average molecular weight is 557 g/mol. The van der Waals surface area contributed by atoms with E-state index in [-0.39, 0.29) is 44.2 Å². The summed E-state index contributed by atoms with van der Waals surface area (Å²) in [6.45, 7) is 10.7. The van der Waals surface area contributed by atoms with Crippen molar-refractivity contribution in [2.45, 2.75) is 96.7 Å². The normalized spacial score (nSPS) is 32.5. The molecule has 0 aromatic carbocycles. The first kappa shape index (κ1) is 32.7. The second kappa shape index (κ2) is 14.9. The van der Waals surface area contributed by atoms with Gasteiger partial charge in [0, 0.05) is 17.9 Å². The zero-order chi connectivity index (χ0) is 29.3. The molecule has 3 aliphatic rings. The third-order valence-electron chi connectivity index (χ3n) is 9.67. The summed E-state index contributed by atoms with van der Waals surface area (Å²) in [5, 5.41) is 43.3. The van der Waals surface area contributed by atoms with Crippen LogP contribution in [0.15, 0.2) is 58.7 Å². The fourth-order valence-electron chi connectivity index (χ4n) is 7.87. The van der Waals surface area contributed by atoms with Crippen LogP contribution in [0, 0.1) is 23.2 Å². The smallest absolute Gasteiger partial charge is 0.145 e. The highest BCUT2D eigenvalue weighted by atomic mass is 16.5. The van der Waals surface area contributed by atoms with Gasteiger partial charge in [-0.1, -0.05) is 47.6 Å². The summed E-state index contributed by atoms with van der Waals surface area (Å²) in [6.07, 6.45) is 15.8. The highest BCUT2D eigenvalue weighted by molar-refractivity contribution is 5.75. The van der Waals surface area contributed by atoms with E-state index >= 15 is 0 Å². The summed E-state index contributed by atoms with van der Waals surface area (Å²) in [6, 6.07) is 0. The molecule has 0 unspecified atom stereocenters. The Balaban J connectivity index is 1.96. The van der Waals surface area contributed by atoms with Crippen molar-refractivity contribution in [3.63, 3.8) is 0 Å². The number of aldehydes is 1. The molecule has 0 amide bonds. The number of ether oxygens (including phenoxy) is 1. The van der Waals surface area contributed by atoms with Gasteiger partial charge in [0.05, 0.1) is 31.5 Å². The highest BCUT2D eigenvalue weighted by Crippen LogP contribution is 2.65. The van der Waals surface area contributed by atoms with Gasteiger partial charge in [0.15, 0.2) is 0 Å². The van der Waals surface area contributed by atoms with E-state index in [1.165, 1.54) is 5.57 Å². The number of carbonyl (C=O) groups is 1. The zero-order valence-corrected chi connectivity index (χ0v) is 24.9. The van der Waals surface area contributed by atoms with Gasteiger partial charge in [-0.05, 0) is 108 Å². The molecule has 6 atom stereocenters. The van der Waals surface area contributed by atoms with E-state index < -0.39 is 17.1 Å². The Morgan fingerprint density at radius 2 is 1.98 bits per heavy atom. The van der Waals surface area contributed by atoms with Crippen molar-refractivity contribution < 1.29 is 30.0 Å². The van der Waals surface area contributed by atoms with Crippen LogP contribution in [0.1, 0.15) is 85.0 Å². The molecule has 6 nitrogen and oxygen atoms in total. The van der Waals surface area contributed by atoms with Gasteiger partial charge in [-0.3, -0.25) is 4.79 Å². The molecule has 224 valence electrons. The first-order valence-corrected chi connectivity index (χ1v) is 15.2. The molecule has 0 saturated heterocycles. The molecule has 3 aliphatic carbocycles. The number of aliphatic hydroxyl groups is 4. The molecule has 0 aromatic heterocycles. The highest BCUT2D eigenvalue weighted by Gasteiger charge is 2.65. The van der Waals surface area contributed by atoms with Gasteiger partial charge in [-0.2, -0.15) is 0 Å². The van der Waals surface area contributed by atoms with Crippen molar-refractivity contribution in [1.29, 1.82) is 0 Å². The van der Waals surface area contributed by atoms with Crippen LogP contribution in [0.4, 0.5) is 0 Å². The number of hydrogen-bond donors (Lipinski definition) is 4. The molecule has 0 aromatic rings. The molecule has 0 aliphatic heterocycles. The van der Waals surface area contributed by atoms with Crippen molar-refractivity contribution in [3.05, 3.63) is 58.7 Å². The Labute approximate surface area is 241 Å². The van der Waals surface area contributed by atoms with Crippen LogP contribution in [0.25, 0.3) is 0 Å². The molecule has 1 spiro atoms. The lowest BCUT2D eigenvalue weighted by Crippen LogP contribution is -2.61. The van der Waals surface area contributed by atoms with Crippen molar-refractivity contribution >= 4 is 6.29 Å². The predicted molar refractivity (Wildman–Crippen MR) is 160 cm³/mol. The summed E-state index contributed by atoms with van der Waals surface area (Å²) in [7, 11) is 0. The Bertz CT molecular complexity index is 998. The molecule has 3 rings (SSSR count). The maximum Gasteiger partial charge on any atom is 0.145 e. The molecule has 40 heavy (non-hydrogen) atoms. The van der Waals surface area contributed by atoms with Crippen LogP contribution >= 0.6 is 0 Å². The summed E-state index contributed by atoms with van der Waals surface area (Å²) >= 11 is 0. The Hall–Kier alpha value is -1.83. The Morgan fingerprint density at radius 1 is 1.20 bits per heavy atom. The Morgan fingerprint density at radius 3 is 2.65 bits per heavy atom. The van der Waals surface area contributed by atoms with Crippen molar-refractivity contribution in [2.24, 2.45) is 23.2 Å². The van der Waals surface area contributed by atoms with Crippen LogP contribution in [0.5, 0.6) is 0 Å². The van der Waals surface area contributed by atoms with Crippen molar-refractivity contribution in [3.8, 4) is 0 Å². The topological polar surface area (TPSA) is 107 Å². The van der Waals surface area contributed by atoms with Gasteiger partial charge in [0.25, 0.3) is 0 Å². The minimum Gasteiger partial charge on any atom is -0.396 e. The van der Waals surface area contributed by atoms with E-state index in [0.29, 0.717) is 32.1 Å². The molecule has 0 heterocycles. The summed E-state index contributed by atoms with van der Waals surface area (Å²) in [4.78, 5) is 12.2. The largest absolute Gasteiger partial charge is 0.396 e. The number of allylic oxidation sites excluding steroid dienone is 8. The van der Waals surface area contributed by atoms with E-state index in [9.17, 15) is 25.2 Å². The first-order valence-electron chi connectivity index (χ1n) is 15.2. The fraction of sp³-hybridized carbons (Fsp3) is 0.676. The third kappa shape index (κ3) is 7.14. The molecule has 2 fully saturated rings. The van der Waals surface area contributed by atoms with E-state index in [1.807, 2.05) is 25.2 Å². The number of fused-ring (bicyclic) bond motifs is 1. The van der Waals surface area contributed by atoms with E-state index in [0.717, 1.165) is 60.7 Å². The SMILES string of the molecule is C=C(/C=C/C=C(/COCCO)[C@@H]1CC[C@]2([C@@H]1O)[C@@H](CCCO)C1=C(C=O)CCC[C@H]1C[C@@]2(C)O)CCC=C(C)C. The van der Waals surface area contributed by atoms with Gasteiger partial charge >= 0.3 is 0 Å². The maximum absolute atomic E-state index is 12.2. The van der Waals surface area contributed by atoms with Gasteiger partial charge in [0.1, 0.15) is 6.29 Å². The van der Waals surface area contributed by atoms with Crippen LogP contribution in [0.2, 0.25) is 0 Å². The van der Waals surface area contributed by atoms with E-state index in [2.05, 4.69) is 26.5 Å².